The summed E-state index contributed by atoms with van der Waals surface area (Å²) >= 11 is 0. The second-order valence-corrected chi connectivity index (χ2v) is 2.91. The lowest BCUT2D eigenvalue weighted by Crippen LogP contribution is -2.44. The predicted molar refractivity (Wildman–Crippen MR) is 54.1 cm³/mol. The van der Waals surface area contributed by atoms with E-state index in [1.165, 1.54) is 0 Å². The minimum absolute atomic E-state index is 0. The van der Waals surface area contributed by atoms with E-state index in [-0.39, 0.29) is 24.1 Å². The Morgan fingerprint density at radius 1 is 1.25 bits per heavy atom. The zero-order valence-corrected chi connectivity index (χ0v) is 8.29. The Hall–Kier alpha value is -0.770. The summed E-state index contributed by atoms with van der Waals surface area (Å²) < 4.78 is 0. The topological polar surface area (TPSA) is 99.7 Å². The summed E-state index contributed by atoms with van der Waals surface area (Å²) in [4.78, 5) is 0. The fourth-order valence-corrected chi connectivity index (χ4v) is 0.914. The first-order chi connectivity index (χ1) is 4.95. The van der Waals surface area contributed by atoms with Crippen LogP contribution in [-0.4, -0.2) is 11.7 Å². The Kier molecular flexibility index (Phi) is 5.72. The minimum atomic E-state index is -0.727. The maximum absolute atomic E-state index is 7.24. The van der Waals surface area contributed by atoms with Gasteiger partial charge in [-0.2, -0.15) is 0 Å². The third kappa shape index (κ3) is 2.70. The van der Waals surface area contributed by atoms with Crippen molar-refractivity contribution in [2.75, 3.05) is 0 Å². The van der Waals surface area contributed by atoms with Gasteiger partial charge in [-0.25, -0.2) is 0 Å². The molecule has 0 aliphatic rings. The summed E-state index contributed by atoms with van der Waals surface area (Å²) in [5.74, 6) is -0.0429. The van der Waals surface area contributed by atoms with E-state index >= 15 is 0 Å². The van der Waals surface area contributed by atoms with Crippen molar-refractivity contribution in [3.05, 3.63) is 0 Å². The van der Waals surface area contributed by atoms with Crippen LogP contribution >= 0.6 is 12.4 Å². The van der Waals surface area contributed by atoms with Crippen molar-refractivity contribution in [3.8, 4) is 0 Å². The van der Waals surface area contributed by atoms with Gasteiger partial charge in [0.1, 0.15) is 11.7 Å². The third-order valence-electron chi connectivity index (χ3n) is 1.94. The smallest absolute Gasteiger partial charge is 0.104 e. The van der Waals surface area contributed by atoms with E-state index < -0.39 is 5.41 Å². The quantitative estimate of drug-likeness (QED) is 0.396. The van der Waals surface area contributed by atoms with Crippen LogP contribution in [0.3, 0.4) is 0 Å². The molecule has 12 heavy (non-hydrogen) atoms. The van der Waals surface area contributed by atoms with E-state index in [4.69, 9.17) is 22.3 Å². The first kappa shape index (κ1) is 13.8. The highest BCUT2D eigenvalue weighted by Gasteiger charge is 2.30. The molecule has 0 aliphatic carbocycles. The van der Waals surface area contributed by atoms with Crippen LogP contribution in [0.1, 0.15) is 26.7 Å². The molecule has 4 nitrogen and oxygen atoms in total. The molecule has 0 atom stereocenters. The zero-order valence-electron chi connectivity index (χ0n) is 7.48. The maximum atomic E-state index is 7.24. The van der Waals surface area contributed by atoms with E-state index in [2.05, 4.69) is 0 Å². The predicted octanol–water partition coefficient (Wildman–Crippen LogP) is 1.09. The second kappa shape index (κ2) is 4.98. The molecule has 0 aromatic carbocycles. The van der Waals surface area contributed by atoms with Crippen molar-refractivity contribution in [2.24, 2.45) is 16.9 Å². The molecule has 5 heteroatoms. The molecule has 6 N–H and O–H groups in total. The van der Waals surface area contributed by atoms with Crippen LogP contribution in [0.4, 0.5) is 0 Å². The van der Waals surface area contributed by atoms with E-state index in [1.807, 2.05) is 6.92 Å². The van der Waals surface area contributed by atoms with Crippen LogP contribution in [0.5, 0.6) is 0 Å². The molecule has 0 saturated carbocycles. The molecule has 0 unspecified atom stereocenters. The van der Waals surface area contributed by atoms with Crippen LogP contribution in [0.2, 0.25) is 0 Å². The number of amidine groups is 2. The van der Waals surface area contributed by atoms with E-state index in [9.17, 15) is 0 Å². The summed E-state index contributed by atoms with van der Waals surface area (Å²) in [6.45, 7) is 3.70. The average molecular weight is 193 g/mol. The number of nitrogens with one attached hydrogen (secondary N) is 2. The fourth-order valence-electron chi connectivity index (χ4n) is 0.914. The van der Waals surface area contributed by atoms with E-state index in [0.717, 1.165) is 6.42 Å². The minimum Gasteiger partial charge on any atom is -0.387 e. The van der Waals surface area contributed by atoms with Gasteiger partial charge in [-0.05, 0) is 13.3 Å². The van der Waals surface area contributed by atoms with Crippen molar-refractivity contribution in [2.45, 2.75) is 26.7 Å². The molecule has 0 fully saturated rings. The Morgan fingerprint density at radius 2 is 1.58 bits per heavy atom. The highest BCUT2D eigenvalue weighted by Crippen LogP contribution is 2.21. The number of hydrogen-bond acceptors (Lipinski definition) is 2. The Labute approximate surface area is 79.1 Å². The number of hydrogen-bond donors (Lipinski definition) is 4. The average Bonchev–Trinajstić information content (AvgIpc) is 1.87. The molecule has 0 saturated heterocycles. The van der Waals surface area contributed by atoms with E-state index in [0.29, 0.717) is 6.42 Å². The number of halogens is 1. The van der Waals surface area contributed by atoms with Gasteiger partial charge in [0.05, 0.1) is 5.41 Å². The van der Waals surface area contributed by atoms with Crippen LogP contribution in [0.25, 0.3) is 0 Å². The summed E-state index contributed by atoms with van der Waals surface area (Å²) in [6, 6.07) is 0. The lowest BCUT2D eigenvalue weighted by molar-refractivity contribution is 0.550. The van der Waals surface area contributed by atoms with Crippen molar-refractivity contribution >= 4 is 24.1 Å². The lowest BCUT2D eigenvalue weighted by atomic mass is 9.83. The number of nitrogens with two attached hydrogens (primary N) is 2. The normalized spacial score (nSPS) is 14.2. The van der Waals surface area contributed by atoms with E-state index in [1.54, 1.807) is 6.92 Å². The van der Waals surface area contributed by atoms with Crippen molar-refractivity contribution in [3.63, 3.8) is 0 Å². The molecule has 0 rings (SSSR count). The molecule has 72 valence electrons. The molecule has 0 heterocycles. The van der Waals surface area contributed by atoms with Gasteiger partial charge in [0.25, 0.3) is 0 Å². The molecule has 0 spiro atoms. The van der Waals surface area contributed by atoms with Gasteiger partial charge >= 0.3 is 0 Å². The molecule has 0 aromatic heterocycles. The maximum Gasteiger partial charge on any atom is 0.104 e. The highest BCUT2D eigenvalue weighted by atomic mass is 35.5. The standard InChI is InChI=1S/C7H16N4.ClH/c1-3-4-7(2,5(8)9)6(10)11;/h3-4H2,1-2H3,(H3,8,9)(H3,10,11);1H. The summed E-state index contributed by atoms with van der Waals surface area (Å²) in [7, 11) is 0. The number of rotatable bonds is 4. The van der Waals surface area contributed by atoms with Gasteiger partial charge in [-0.1, -0.05) is 13.3 Å². The first-order valence-corrected chi connectivity index (χ1v) is 3.64. The Morgan fingerprint density at radius 3 is 1.67 bits per heavy atom. The fraction of sp³-hybridized carbons (Fsp3) is 0.714. The van der Waals surface area contributed by atoms with Crippen LogP contribution in [-0.2, 0) is 0 Å². The molecule has 0 bridgehead atoms. The van der Waals surface area contributed by atoms with Crippen molar-refractivity contribution in [1.82, 2.24) is 0 Å². The molecular formula is C7H17ClN4. The summed E-state index contributed by atoms with van der Waals surface area (Å²) in [6.07, 6.45) is 1.54. The van der Waals surface area contributed by atoms with Gasteiger partial charge in [0, 0.05) is 0 Å². The monoisotopic (exact) mass is 192 g/mol. The largest absolute Gasteiger partial charge is 0.387 e. The molecule has 0 amide bonds. The van der Waals surface area contributed by atoms with Gasteiger partial charge in [-0.15, -0.1) is 12.4 Å². The zero-order chi connectivity index (χ0) is 9.07. The Balaban J connectivity index is 0. The summed E-state index contributed by atoms with van der Waals surface area (Å²) in [5, 5.41) is 14.5. The van der Waals surface area contributed by atoms with Crippen LogP contribution < -0.4 is 11.5 Å². The second-order valence-electron chi connectivity index (χ2n) is 2.91. The van der Waals surface area contributed by atoms with Crippen molar-refractivity contribution < 1.29 is 0 Å². The highest BCUT2D eigenvalue weighted by molar-refractivity contribution is 6.05. The Bertz CT molecular complexity index is 164. The molecule has 0 aromatic rings. The van der Waals surface area contributed by atoms with Gasteiger partial charge in [0.15, 0.2) is 0 Å². The van der Waals surface area contributed by atoms with Gasteiger partial charge in [-0.3, -0.25) is 10.8 Å². The third-order valence-corrected chi connectivity index (χ3v) is 1.94. The first-order valence-electron chi connectivity index (χ1n) is 3.64. The summed E-state index contributed by atoms with van der Waals surface area (Å²) in [5.41, 5.74) is 9.91. The van der Waals surface area contributed by atoms with Gasteiger partial charge in [0.2, 0.25) is 0 Å². The van der Waals surface area contributed by atoms with Crippen molar-refractivity contribution in [1.29, 1.82) is 10.8 Å². The lowest BCUT2D eigenvalue weighted by Gasteiger charge is -2.25. The van der Waals surface area contributed by atoms with Crippen LogP contribution in [0.15, 0.2) is 0 Å². The SMILES string of the molecule is CCCC(C)(C(=N)N)C(=N)N.Cl. The molecular weight excluding hydrogens is 176 g/mol. The molecule has 0 radical (unpaired) electrons. The van der Waals surface area contributed by atoms with Gasteiger partial charge < -0.3 is 11.5 Å². The molecule has 0 aliphatic heterocycles. The van der Waals surface area contributed by atoms with Crippen LogP contribution in [0, 0.1) is 16.2 Å².